The molecule has 4 heteroatoms. The Bertz CT molecular complexity index is 363. The van der Waals surface area contributed by atoms with Gasteiger partial charge in [0.25, 0.3) is 0 Å². The minimum atomic E-state index is -1.17. The second-order valence-electron chi connectivity index (χ2n) is 3.32. The van der Waals surface area contributed by atoms with Crippen molar-refractivity contribution >= 4 is 5.78 Å². The topological polar surface area (TPSA) is 72.5 Å². The molecule has 0 bridgehead atoms. The first-order valence-corrected chi connectivity index (χ1v) is 4.67. The third-order valence-electron chi connectivity index (χ3n) is 2.15. The SMILES string of the molecule is COc1ccc(C)cc1C(=O)C(O)CN. The number of ketones is 1. The summed E-state index contributed by atoms with van der Waals surface area (Å²) in [5.41, 5.74) is 6.53. The van der Waals surface area contributed by atoms with Gasteiger partial charge in [-0.1, -0.05) is 11.6 Å². The van der Waals surface area contributed by atoms with E-state index in [-0.39, 0.29) is 6.54 Å². The van der Waals surface area contributed by atoms with Gasteiger partial charge in [-0.3, -0.25) is 4.79 Å². The summed E-state index contributed by atoms with van der Waals surface area (Å²) in [5.74, 6) is 0.0520. The van der Waals surface area contributed by atoms with E-state index in [2.05, 4.69) is 0 Å². The molecule has 0 saturated carbocycles. The predicted molar refractivity (Wildman–Crippen MR) is 57.1 cm³/mol. The molecular weight excluding hydrogens is 194 g/mol. The van der Waals surface area contributed by atoms with Gasteiger partial charge < -0.3 is 15.6 Å². The summed E-state index contributed by atoms with van der Waals surface area (Å²) in [5, 5.41) is 9.36. The Morgan fingerprint density at radius 3 is 2.80 bits per heavy atom. The Kier molecular flexibility index (Phi) is 3.82. The first kappa shape index (κ1) is 11.7. The summed E-state index contributed by atoms with van der Waals surface area (Å²) < 4.78 is 5.04. The molecule has 0 aliphatic carbocycles. The zero-order valence-corrected chi connectivity index (χ0v) is 8.86. The van der Waals surface area contributed by atoms with Crippen LogP contribution in [0.3, 0.4) is 0 Å². The van der Waals surface area contributed by atoms with Gasteiger partial charge in [-0.2, -0.15) is 0 Å². The average molecular weight is 209 g/mol. The maximum Gasteiger partial charge on any atom is 0.196 e. The number of nitrogens with two attached hydrogens (primary N) is 1. The van der Waals surface area contributed by atoms with E-state index in [0.29, 0.717) is 11.3 Å². The molecule has 1 unspecified atom stereocenters. The van der Waals surface area contributed by atoms with Gasteiger partial charge in [-0.25, -0.2) is 0 Å². The van der Waals surface area contributed by atoms with Crippen LogP contribution in [0.5, 0.6) is 5.75 Å². The fourth-order valence-corrected chi connectivity index (χ4v) is 1.30. The number of hydrogen-bond acceptors (Lipinski definition) is 4. The lowest BCUT2D eigenvalue weighted by atomic mass is 10.0. The second-order valence-corrected chi connectivity index (χ2v) is 3.32. The van der Waals surface area contributed by atoms with E-state index in [4.69, 9.17) is 10.5 Å². The molecule has 0 aliphatic heterocycles. The molecule has 0 amide bonds. The summed E-state index contributed by atoms with van der Waals surface area (Å²) in [4.78, 5) is 11.7. The van der Waals surface area contributed by atoms with E-state index in [0.717, 1.165) is 5.56 Å². The van der Waals surface area contributed by atoms with Crippen molar-refractivity contribution in [2.75, 3.05) is 13.7 Å². The summed E-state index contributed by atoms with van der Waals surface area (Å²) in [7, 11) is 1.48. The normalized spacial score (nSPS) is 12.3. The third-order valence-corrected chi connectivity index (χ3v) is 2.15. The highest BCUT2D eigenvalue weighted by molar-refractivity contribution is 6.02. The molecule has 0 saturated heterocycles. The fourth-order valence-electron chi connectivity index (χ4n) is 1.30. The minimum absolute atomic E-state index is 0.0874. The van der Waals surface area contributed by atoms with E-state index in [9.17, 15) is 9.90 Å². The van der Waals surface area contributed by atoms with Gasteiger partial charge in [0, 0.05) is 6.54 Å². The molecule has 0 aliphatic rings. The molecule has 3 N–H and O–H groups in total. The number of hydrogen-bond donors (Lipinski definition) is 2. The molecule has 4 nitrogen and oxygen atoms in total. The van der Waals surface area contributed by atoms with Gasteiger partial charge in [0.05, 0.1) is 12.7 Å². The number of carbonyl (C=O) groups excluding carboxylic acids is 1. The smallest absolute Gasteiger partial charge is 0.196 e. The second kappa shape index (κ2) is 4.91. The fraction of sp³-hybridized carbons (Fsp3) is 0.364. The van der Waals surface area contributed by atoms with Crippen LogP contribution in [-0.2, 0) is 0 Å². The molecule has 0 radical (unpaired) electrons. The summed E-state index contributed by atoms with van der Waals surface area (Å²) >= 11 is 0. The van der Waals surface area contributed by atoms with Crippen LogP contribution in [0.4, 0.5) is 0 Å². The summed E-state index contributed by atoms with van der Waals surface area (Å²) in [6.45, 7) is 1.78. The number of aliphatic hydroxyl groups is 1. The Hall–Kier alpha value is -1.39. The highest BCUT2D eigenvalue weighted by atomic mass is 16.5. The molecule has 15 heavy (non-hydrogen) atoms. The van der Waals surface area contributed by atoms with Crippen molar-refractivity contribution in [2.24, 2.45) is 5.73 Å². The average Bonchev–Trinajstić information content (AvgIpc) is 2.27. The first-order chi connectivity index (χ1) is 7.10. The summed E-state index contributed by atoms with van der Waals surface area (Å²) in [6, 6.07) is 5.22. The molecule has 0 spiro atoms. The molecule has 82 valence electrons. The van der Waals surface area contributed by atoms with E-state index in [1.54, 1.807) is 12.1 Å². The van der Waals surface area contributed by atoms with Crippen molar-refractivity contribution in [3.63, 3.8) is 0 Å². The number of aryl methyl sites for hydroxylation is 1. The first-order valence-electron chi connectivity index (χ1n) is 4.67. The van der Waals surface area contributed by atoms with Crippen LogP contribution in [0.2, 0.25) is 0 Å². The maximum absolute atomic E-state index is 11.7. The highest BCUT2D eigenvalue weighted by Gasteiger charge is 2.19. The number of ether oxygens (including phenoxy) is 1. The van der Waals surface area contributed by atoms with Crippen molar-refractivity contribution in [1.29, 1.82) is 0 Å². The lowest BCUT2D eigenvalue weighted by Gasteiger charge is -2.11. The van der Waals surface area contributed by atoms with Crippen LogP contribution in [0.1, 0.15) is 15.9 Å². The Morgan fingerprint density at radius 2 is 2.27 bits per heavy atom. The van der Waals surface area contributed by atoms with E-state index in [1.807, 2.05) is 13.0 Å². The zero-order chi connectivity index (χ0) is 11.4. The molecule has 0 fully saturated rings. The van der Waals surface area contributed by atoms with E-state index >= 15 is 0 Å². The van der Waals surface area contributed by atoms with E-state index < -0.39 is 11.9 Å². The van der Waals surface area contributed by atoms with Crippen molar-refractivity contribution in [2.45, 2.75) is 13.0 Å². The third kappa shape index (κ3) is 2.55. The number of benzene rings is 1. The number of methoxy groups -OCH3 is 1. The van der Waals surface area contributed by atoms with Gasteiger partial charge in [0.2, 0.25) is 0 Å². The largest absolute Gasteiger partial charge is 0.496 e. The van der Waals surface area contributed by atoms with Crippen molar-refractivity contribution in [3.8, 4) is 5.75 Å². The molecule has 1 rings (SSSR count). The van der Waals surface area contributed by atoms with Gasteiger partial charge in [-0.05, 0) is 19.1 Å². The van der Waals surface area contributed by atoms with Crippen LogP contribution < -0.4 is 10.5 Å². The molecule has 1 aromatic carbocycles. The van der Waals surface area contributed by atoms with Crippen LogP contribution >= 0.6 is 0 Å². The van der Waals surface area contributed by atoms with Gasteiger partial charge in [0.1, 0.15) is 11.9 Å². The molecule has 0 aromatic heterocycles. The van der Waals surface area contributed by atoms with Crippen LogP contribution in [0.25, 0.3) is 0 Å². The van der Waals surface area contributed by atoms with Crippen LogP contribution in [0, 0.1) is 6.92 Å². The number of carbonyl (C=O) groups is 1. The zero-order valence-electron chi connectivity index (χ0n) is 8.86. The monoisotopic (exact) mass is 209 g/mol. The standard InChI is InChI=1S/C11H15NO3/c1-7-3-4-10(15-2)8(5-7)11(14)9(13)6-12/h3-5,9,13H,6,12H2,1-2H3. The summed E-state index contributed by atoms with van der Waals surface area (Å²) in [6.07, 6.45) is -1.17. The lowest BCUT2D eigenvalue weighted by molar-refractivity contribution is 0.0759. The molecule has 1 atom stereocenters. The van der Waals surface area contributed by atoms with Crippen molar-refractivity contribution < 1.29 is 14.6 Å². The number of aliphatic hydroxyl groups excluding tert-OH is 1. The maximum atomic E-state index is 11.7. The van der Waals surface area contributed by atoms with Gasteiger partial charge in [0.15, 0.2) is 5.78 Å². The highest BCUT2D eigenvalue weighted by Crippen LogP contribution is 2.21. The predicted octanol–water partition coefficient (Wildman–Crippen LogP) is 0.506. The van der Waals surface area contributed by atoms with Crippen LogP contribution in [0.15, 0.2) is 18.2 Å². The minimum Gasteiger partial charge on any atom is -0.496 e. The van der Waals surface area contributed by atoms with Crippen LogP contribution in [-0.4, -0.2) is 30.6 Å². The van der Waals surface area contributed by atoms with Gasteiger partial charge >= 0.3 is 0 Å². The molecule has 0 heterocycles. The Labute approximate surface area is 88.7 Å². The quantitative estimate of drug-likeness (QED) is 0.708. The van der Waals surface area contributed by atoms with Crippen molar-refractivity contribution in [1.82, 2.24) is 0 Å². The number of Topliss-reactive ketones (excluding diaryl/α,β-unsaturated/α-hetero) is 1. The lowest BCUT2D eigenvalue weighted by Crippen LogP contribution is -2.29. The Balaban J connectivity index is 3.11. The Morgan fingerprint density at radius 1 is 1.60 bits per heavy atom. The van der Waals surface area contributed by atoms with Crippen molar-refractivity contribution in [3.05, 3.63) is 29.3 Å². The molecule has 1 aromatic rings. The van der Waals surface area contributed by atoms with Gasteiger partial charge in [-0.15, -0.1) is 0 Å². The van der Waals surface area contributed by atoms with E-state index in [1.165, 1.54) is 7.11 Å². The number of rotatable bonds is 4. The molecular formula is C11H15NO3.